The van der Waals surface area contributed by atoms with Crippen molar-refractivity contribution in [2.24, 2.45) is 0 Å². The summed E-state index contributed by atoms with van der Waals surface area (Å²) in [6.07, 6.45) is 1.18. The summed E-state index contributed by atoms with van der Waals surface area (Å²) in [5, 5.41) is 0. The Morgan fingerprint density at radius 1 is 0.786 bits per heavy atom. The van der Waals surface area contributed by atoms with Crippen molar-refractivity contribution in [3.05, 3.63) is 0 Å². The van der Waals surface area contributed by atoms with E-state index in [2.05, 4.69) is 106 Å². The average molecular weight is 598 g/mol. The molecular formula is C17H34Cl2S9. The number of halogens is 2. The maximum atomic E-state index is 5.75. The molecule has 0 bridgehead atoms. The lowest BCUT2D eigenvalue weighted by Crippen LogP contribution is -2.26. The molecule has 170 valence electrons. The van der Waals surface area contributed by atoms with Crippen LogP contribution in [0.5, 0.6) is 0 Å². The number of rotatable bonds is 9. The molecule has 0 nitrogen and oxygen atoms in total. The van der Waals surface area contributed by atoms with Gasteiger partial charge in [-0.2, -0.15) is 37.9 Å². The van der Waals surface area contributed by atoms with Gasteiger partial charge in [0.1, 0.15) is 4.84 Å². The van der Waals surface area contributed by atoms with E-state index in [0.29, 0.717) is 8.66 Å². The summed E-state index contributed by atoms with van der Waals surface area (Å²) in [7, 11) is 0. The van der Waals surface area contributed by atoms with Crippen LogP contribution >= 0.6 is 132 Å². The fourth-order valence-corrected chi connectivity index (χ4v) is 12.4. The molecule has 0 aromatic heterocycles. The third-order valence-electron chi connectivity index (χ3n) is 3.49. The second-order valence-corrected chi connectivity index (χ2v) is 17.8. The highest BCUT2D eigenvalue weighted by atomic mass is 35.5. The summed E-state index contributed by atoms with van der Waals surface area (Å²) in [4.78, 5) is -0.241. The number of hydrogen-bond donors (Lipinski definition) is 3. The maximum Gasteiger partial charge on any atom is 0.131 e. The second-order valence-electron chi connectivity index (χ2n) is 5.97. The fourth-order valence-electron chi connectivity index (χ4n) is 1.99. The lowest BCUT2D eigenvalue weighted by molar-refractivity contribution is 0.994. The number of alkyl halides is 2. The first-order valence-corrected chi connectivity index (χ1v) is 18.0. The van der Waals surface area contributed by atoms with Crippen LogP contribution in [0, 0.1) is 0 Å². The fraction of sp³-hybridized carbons (Fsp3) is 1.00. The summed E-state index contributed by atoms with van der Waals surface area (Å²) < 4.78 is 1.15. The largest absolute Gasteiger partial charge is 0.179 e. The minimum atomic E-state index is -0.241. The van der Waals surface area contributed by atoms with E-state index >= 15 is 0 Å². The van der Waals surface area contributed by atoms with Crippen molar-refractivity contribution < 1.29 is 0 Å². The highest BCUT2D eigenvalue weighted by molar-refractivity contribution is 8.26. The molecule has 2 aliphatic rings. The van der Waals surface area contributed by atoms with Crippen LogP contribution in [0.2, 0.25) is 0 Å². The Bertz CT molecular complexity index is 353. The molecule has 0 N–H and O–H groups in total. The summed E-state index contributed by atoms with van der Waals surface area (Å²) in [5.41, 5.74) is 0. The Kier molecular flexibility index (Phi) is 21.6. The molecule has 0 aliphatic carbocycles. The minimum absolute atomic E-state index is 0.0586. The minimum Gasteiger partial charge on any atom is -0.179 e. The van der Waals surface area contributed by atoms with Crippen LogP contribution in [0.15, 0.2) is 0 Å². The van der Waals surface area contributed by atoms with Gasteiger partial charge in [0.25, 0.3) is 0 Å². The van der Waals surface area contributed by atoms with Gasteiger partial charge in [-0.15, -0.1) is 93.8 Å². The monoisotopic (exact) mass is 596 g/mol. The van der Waals surface area contributed by atoms with E-state index in [0.717, 1.165) is 28.8 Å². The topological polar surface area (TPSA) is 0 Å². The van der Waals surface area contributed by atoms with Gasteiger partial charge in [-0.3, -0.25) is 0 Å². The molecule has 0 atom stereocenters. The third kappa shape index (κ3) is 13.4. The molecule has 28 heavy (non-hydrogen) atoms. The van der Waals surface area contributed by atoms with Crippen molar-refractivity contribution in [2.75, 3.05) is 51.8 Å². The van der Waals surface area contributed by atoms with E-state index in [1.807, 2.05) is 23.5 Å². The van der Waals surface area contributed by atoms with Gasteiger partial charge in [-0.05, 0) is 37.5 Å². The van der Waals surface area contributed by atoms with Gasteiger partial charge < -0.3 is 0 Å². The predicted molar refractivity (Wildman–Crippen MR) is 163 cm³/mol. The predicted octanol–water partition coefficient (Wildman–Crippen LogP) is 8.15. The van der Waals surface area contributed by atoms with Crippen LogP contribution in [0.4, 0.5) is 0 Å². The number of thiol groups is 3. The van der Waals surface area contributed by atoms with Crippen LogP contribution in [-0.2, 0) is 0 Å². The van der Waals surface area contributed by atoms with Gasteiger partial charge in [0.15, 0.2) is 0 Å². The molecule has 2 rings (SSSR count). The summed E-state index contributed by atoms with van der Waals surface area (Å²) in [6.45, 7) is 6.60. The third-order valence-corrected chi connectivity index (χ3v) is 17.0. The Morgan fingerprint density at radius 3 is 1.39 bits per heavy atom. The lowest BCUT2D eigenvalue weighted by Gasteiger charge is -2.31. The molecule has 0 radical (unpaired) electrons. The van der Waals surface area contributed by atoms with Gasteiger partial charge in [0.05, 0.1) is 12.7 Å². The van der Waals surface area contributed by atoms with Crippen molar-refractivity contribution in [3.8, 4) is 0 Å². The molecule has 2 heterocycles. The first kappa shape index (κ1) is 31.7. The molecular weight excluding hydrogens is 564 g/mol. The van der Waals surface area contributed by atoms with E-state index in [4.69, 9.17) is 23.2 Å². The Balaban J connectivity index is 0.000000473. The van der Waals surface area contributed by atoms with E-state index in [1.165, 1.54) is 29.4 Å². The van der Waals surface area contributed by atoms with Gasteiger partial charge >= 0.3 is 0 Å². The SMILES string of the molecule is CC1(C(Cl)Cl)SCCS1.CC1(C(SCCS)SCCS)SCCS1.CCCS. The Hall–Kier alpha value is 3.73. The molecule has 11 heteroatoms. The quantitative estimate of drug-likeness (QED) is 0.138. The molecule has 0 unspecified atom stereocenters. The Labute approximate surface area is 225 Å². The zero-order valence-electron chi connectivity index (χ0n) is 16.8. The molecule has 2 fully saturated rings. The van der Waals surface area contributed by atoms with Gasteiger partial charge in [0.2, 0.25) is 0 Å². The smallest absolute Gasteiger partial charge is 0.131 e. The van der Waals surface area contributed by atoms with Crippen LogP contribution in [0.3, 0.4) is 0 Å². The highest BCUT2D eigenvalue weighted by Crippen LogP contribution is 2.53. The van der Waals surface area contributed by atoms with Crippen molar-refractivity contribution in [1.82, 2.24) is 0 Å². The van der Waals surface area contributed by atoms with Crippen LogP contribution in [0.1, 0.15) is 27.2 Å². The van der Waals surface area contributed by atoms with E-state index in [-0.39, 0.29) is 8.92 Å². The van der Waals surface area contributed by atoms with Crippen LogP contribution in [0.25, 0.3) is 0 Å². The van der Waals surface area contributed by atoms with Crippen molar-refractivity contribution >= 4 is 132 Å². The zero-order valence-corrected chi connectivity index (χ0v) is 25.9. The van der Waals surface area contributed by atoms with E-state index in [9.17, 15) is 0 Å². The maximum absolute atomic E-state index is 5.75. The zero-order chi connectivity index (χ0) is 21.5. The summed E-state index contributed by atoms with van der Waals surface area (Å²) in [6, 6.07) is 0. The molecule has 0 aromatic carbocycles. The average Bonchev–Trinajstić information content (AvgIpc) is 3.32. The van der Waals surface area contributed by atoms with Gasteiger partial charge in [-0.1, -0.05) is 6.92 Å². The van der Waals surface area contributed by atoms with Crippen LogP contribution in [-0.4, -0.2) is 69.4 Å². The van der Waals surface area contributed by atoms with Gasteiger partial charge in [0, 0.05) is 34.5 Å². The molecule has 0 aromatic rings. The van der Waals surface area contributed by atoms with E-state index in [1.54, 1.807) is 0 Å². The molecule has 2 saturated heterocycles. The van der Waals surface area contributed by atoms with Crippen LogP contribution < -0.4 is 0 Å². The van der Waals surface area contributed by atoms with Gasteiger partial charge in [-0.25, -0.2) is 0 Å². The van der Waals surface area contributed by atoms with Crippen molar-refractivity contribution in [2.45, 2.75) is 44.8 Å². The lowest BCUT2D eigenvalue weighted by atomic mass is 10.5. The summed E-state index contributed by atoms with van der Waals surface area (Å²) >= 11 is 36.1. The molecule has 0 amide bonds. The molecule has 0 saturated carbocycles. The molecule has 0 spiro atoms. The van der Waals surface area contributed by atoms with Crippen molar-refractivity contribution in [3.63, 3.8) is 0 Å². The normalized spacial score (nSPS) is 19.9. The highest BCUT2D eigenvalue weighted by Gasteiger charge is 2.39. The second kappa shape index (κ2) is 19.1. The molecule has 2 aliphatic heterocycles. The van der Waals surface area contributed by atoms with E-state index < -0.39 is 0 Å². The first-order valence-electron chi connectivity index (χ1n) is 9.19. The number of thioether (sulfide) groups is 6. The standard InChI is InChI=1S/C9H18S6.C5H8Cl2S2.C3H8S/c1-9(14-6-7-15-9)8(12-4-2-10)13-5-3-11;1-5(4(6)7)8-2-3-9-5;1-2-3-4/h8,10-11H,2-7H2,1H3;4H,2-3H2,1H3;4H,2-3H2,1H3. The van der Waals surface area contributed by atoms with Crippen molar-refractivity contribution in [1.29, 1.82) is 0 Å². The first-order chi connectivity index (χ1) is 13.3. The number of hydrogen-bond acceptors (Lipinski definition) is 9. The Morgan fingerprint density at radius 2 is 1.14 bits per heavy atom. The summed E-state index contributed by atoms with van der Waals surface area (Å²) in [5.74, 6) is 10.3.